The lowest BCUT2D eigenvalue weighted by atomic mass is 9.69. The number of piperidine rings is 2. The Morgan fingerprint density at radius 2 is 2.23 bits per heavy atom. The lowest BCUT2D eigenvalue weighted by Crippen LogP contribution is -2.61. The molecule has 5 nitrogen and oxygen atoms in total. The highest BCUT2D eigenvalue weighted by molar-refractivity contribution is 5.93. The number of nitrogens with zero attached hydrogens (tertiary/aromatic N) is 3. The molecule has 0 aliphatic carbocycles. The normalized spacial score (nSPS) is 29.2. The lowest BCUT2D eigenvalue weighted by molar-refractivity contribution is -0.0277. The van der Waals surface area contributed by atoms with Gasteiger partial charge in [0.25, 0.3) is 0 Å². The van der Waals surface area contributed by atoms with Gasteiger partial charge in [0.15, 0.2) is 5.78 Å². The minimum Gasteiger partial charge on any atom is -0.396 e. The average molecular weight is 303 g/mol. The van der Waals surface area contributed by atoms with Crippen molar-refractivity contribution in [2.24, 2.45) is 5.41 Å². The quantitative estimate of drug-likeness (QED) is 0.859. The Balaban J connectivity index is 1.79. The van der Waals surface area contributed by atoms with Crippen molar-refractivity contribution in [3.63, 3.8) is 0 Å². The van der Waals surface area contributed by atoms with Crippen LogP contribution < -0.4 is 4.90 Å². The second-order valence-electron chi connectivity index (χ2n) is 6.78. The first kappa shape index (κ1) is 15.4. The second-order valence-corrected chi connectivity index (χ2v) is 6.78. The van der Waals surface area contributed by atoms with E-state index in [1.54, 1.807) is 13.1 Å². The number of likely N-dealkylation sites (tertiary alicyclic amines) is 1. The van der Waals surface area contributed by atoms with E-state index >= 15 is 0 Å². The molecule has 2 atom stereocenters. The summed E-state index contributed by atoms with van der Waals surface area (Å²) in [5.41, 5.74) is 0.697. The maximum Gasteiger partial charge on any atom is 0.161 e. The molecule has 0 aromatic carbocycles. The molecule has 0 spiro atoms. The number of fused-ring (bicyclic) bond motifs is 1. The fourth-order valence-corrected chi connectivity index (χ4v) is 4.01. The highest BCUT2D eigenvalue weighted by atomic mass is 16.3. The third kappa shape index (κ3) is 2.63. The van der Waals surface area contributed by atoms with Crippen LogP contribution in [0.2, 0.25) is 0 Å². The average Bonchev–Trinajstić information content (AvgIpc) is 2.55. The Morgan fingerprint density at radius 1 is 1.41 bits per heavy atom. The number of Topliss-reactive ketones (excluding diaryl/α,β-unsaturated/α-hetero) is 1. The molecule has 0 saturated carbocycles. The number of likely N-dealkylation sites (N-methyl/N-ethyl adjacent to an activating group) is 1. The topological polar surface area (TPSA) is 56.7 Å². The van der Waals surface area contributed by atoms with Crippen molar-refractivity contribution in [3.8, 4) is 0 Å². The zero-order valence-electron chi connectivity index (χ0n) is 13.5. The Hall–Kier alpha value is -1.46. The van der Waals surface area contributed by atoms with Gasteiger partial charge in [-0.1, -0.05) is 0 Å². The van der Waals surface area contributed by atoms with Gasteiger partial charge in [0.1, 0.15) is 5.82 Å². The van der Waals surface area contributed by atoms with E-state index in [1.807, 2.05) is 12.1 Å². The van der Waals surface area contributed by atoms with Gasteiger partial charge in [-0.3, -0.25) is 4.79 Å². The molecule has 1 aromatic rings. The van der Waals surface area contributed by atoms with Gasteiger partial charge in [-0.2, -0.15) is 0 Å². The van der Waals surface area contributed by atoms with Gasteiger partial charge in [-0.25, -0.2) is 4.98 Å². The third-order valence-corrected chi connectivity index (χ3v) is 5.49. The maximum absolute atomic E-state index is 11.4. The monoisotopic (exact) mass is 303 g/mol. The minimum absolute atomic E-state index is 0.0445. The van der Waals surface area contributed by atoms with Crippen LogP contribution in [0.5, 0.6) is 0 Å². The molecule has 3 heterocycles. The van der Waals surface area contributed by atoms with Gasteiger partial charge in [-0.05, 0) is 51.9 Å². The smallest absolute Gasteiger partial charge is 0.161 e. The number of hydrogen-bond acceptors (Lipinski definition) is 5. The first-order valence-corrected chi connectivity index (χ1v) is 8.09. The van der Waals surface area contributed by atoms with E-state index < -0.39 is 0 Å². The molecule has 0 bridgehead atoms. The van der Waals surface area contributed by atoms with Crippen molar-refractivity contribution in [3.05, 3.63) is 23.9 Å². The summed E-state index contributed by atoms with van der Waals surface area (Å²) in [5, 5.41) is 9.95. The van der Waals surface area contributed by atoms with E-state index in [0.29, 0.717) is 11.6 Å². The van der Waals surface area contributed by atoms with Gasteiger partial charge in [0.2, 0.25) is 0 Å². The van der Waals surface area contributed by atoms with Crippen LogP contribution in [-0.2, 0) is 0 Å². The van der Waals surface area contributed by atoms with Crippen LogP contribution in [0.15, 0.2) is 18.3 Å². The summed E-state index contributed by atoms with van der Waals surface area (Å²) in [5.74, 6) is 0.972. The Morgan fingerprint density at radius 3 is 2.86 bits per heavy atom. The van der Waals surface area contributed by atoms with E-state index in [9.17, 15) is 9.90 Å². The minimum atomic E-state index is 0.0445. The molecule has 3 rings (SSSR count). The zero-order valence-corrected chi connectivity index (χ0v) is 13.5. The van der Waals surface area contributed by atoms with E-state index in [0.717, 1.165) is 38.3 Å². The fraction of sp³-hybridized carbons (Fsp3) is 0.647. The third-order valence-electron chi connectivity index (χ3n) is 5.49. The molecular formula is C17H25N3O2. The summed E-state index contributed by atoms with van der Waals surface area (Å²) in [6.45, 7) is 4.73. The molecule has 2 saturated heterocycles. The molecule has 120 valence electrons. The van der Waals surface area contributed by atoms with Crippen LogP contribution in [0.25, 0.3) is 0 Å². The number of hydrogen-bond donors (Lipinski definition) is 1. The Labute approximate surface area is 131 Å². The molecule has 2 fully saturated rings. The fourth-order valence-electron chi connectivity index (χ4n) is 4.01. The van der Waals surface area contributed by atoms with E-state index in [1.165, 1.54) is 6.42 Å². The Bertz CT molecular complexity index is 545. The van der Waals surface area contributed by atoms with Crippen molar-refractivity contribution in [1.29, 1.82) is 0 Å². The van der Waals surface area contributed by atoms with Gasteiger partial charge in [0.05, 0.1) is 6.61 Å². The first-order valence-electron chi connectivity index (χ1n) is 8.09. The standard InChI is InChI=1S/C17H25N3O2/c1-13(22)14-4-5-16(18-10-14)20-9-7-17(12-21)6-3-8-19(2)15(17)11-20/h4-5,10,15,21H,3,6-9,11-12H2,1-2H3/t15-,17-/m1/s1. The van der Waals surface area contributed by atoms with Crippen LogP contribution in [0.1, 0.15) is 36.5 Å². The number of carbonyl (C=O) groups is 1. The summed E-state index contributed by atoms with van der Waals surface area (Å²) >= 11 is 0. The van der Waals surface area contributed by atoms with Gasteiger partial charge < -0.3 is 14.9 Å². The molecule has 2 aliphatic heterocycles. The van der Waals surface area contributed by atoms with E-state index in [4.69, 9.17) is 0 Å². The van der Waals surface area contributed by atoms with Gasteiger partial charge >= 0.3 is 0 Å². The predicted octanol–water partition coefficient (Wildman–Crippen LogP) is 1.57. The SMILES string of the molecule is CC(=O)c1ccc(N2CC[C@@]3(CO)CCCN(C)[C@@H]3C2)nc1. The summed E-state index contributed by atoms with van der Waals surface area (Å²) in [7, 11) is 2.16. The highest BCUT2D eigenvalue weighted by Gasteiger charge is 2.46. The zero-order chi connectivity index (χ0) is 15.7. The van der Waals surface area contributed by atoms with Crippen molar-refractivity contribution < 1.29 is 9.90 Å². The number of rotatable bonds is 3. The van der Waals surface area contributed by atoms with E-state index in [2.05, 4.69) is 21.8 Å². The van der Waals surface area contributed by atoms with Crippen LogP contribution in [-0.4, -0.2) is 60.1 Å². The van der Waals surface area contributed by atoms with Crippen molar-refractivity contribution in [2.45, 2.75) is 32.2 Å². The second kappa shape index (κ2) is 5.97. The summed E-state index contributed by atoms with van der Waals surface area (Å²) in [6, 6.07) is 4.16. The number of carbonyl (C=O) groups excluding carboxylic acids is 1. The number of aromatic nitrogens is 1. The van der Waals surface area contributed by atoms with Crippen LogP contribution in [0.4, 0.5) is 5.82 Å². The summed E-state index contributed by atoms with van der Waals surface area (Å²) < 4.78 is 0. The first-order chi connectivity index (χ1) is 10.6. The largest absolute Gasteiger partial charge is 0.396 e. The number of pyridine rings is 1. The molecule has 0 unspecified atom stereocenters. The molecular weight excluding hydrogens is 278 g/mol. The van der Waals surface area contributed by atoms with Crippen LogP contribution in [0, 0.1) is 5.41 Å². The lowest BCUT2D eigenvalue weighted by Gasteiger charge is -2.53. The number of anilines is 1. The highest BCUT2D eigenvalue weighted by Crippen LogP contribution is 2.42. The summed E-state index contributed by atoms with van der Waals surface area (Å²) in [4.78, 5) is 20.5. The van der Waals surface area contributed by atoms with Crippen molar-refractivity contribution in [2.75, 3.05) is 38.2 Å². The molecule has 1 aromatic heterocycles. The molecule has 2 aliphatic rings. The molecule has 5 heteroatoms. The molecule has 1 N–H and O–H groups in total. The summed E-state index contributed by atoms with van der Waals surface area (Å²) in [6.07, 6.45) is 4.94. The van der Waals surface area contributed by atoms with Crippen LogP contribution in [0.3, 0.4) is 0 Å². The van der Waals surface area contributed by atoms with Crippen LogP contribution >= 0.6 is 0 Å². The predicted molar refractivity (Wildman–Crippen MR) is 86.2 cm³/mol. The van der Waals surface area contributed by atoms with Gasteiger partial charge in [0, 0.05) is 36.3 Å². The van der Waals surface area contributed by atoms with Gasteiger partial charge in [-0.15, -0.1) is 0 Å². The van der Waals surface area contributed by atoms with Crippen molar-refractivity contribution >= 4 is 11.6 Å². The van der Waals surface area contributed by atoms with Crippen molar-refractivity contribution in [1.82, 2.24) is 9.88 Å². The molecule has 0 amide bonds. The Kier molecular flexibility index (Phi) is 4.19. The number of aliphatic hydroxyl groups is 1. The number of ketones is 1. The van der Waals surface area contributed by atoms with E-state index in [-0.39, 0.29) is 17.8 Å². The maximum atomic E-state index is 11.4. The molecule has 22 heavy (non-hydrogen) atoms. The number of aliphatic hydroxyl groups excluding tert-OH is 1. The molecule has 0 radical (unpaired) electrons.